The largest absolute Gasteiger partial charge is 0.399 e. The molecule has 0 fully saturated rings. The Hall–Kier alpha value is -3.52. The summed E-state index contributed by atoms with van der Waals surface area (Å²) in [4.78, 5) is 21.9. The van der Waals surface area contributed by atoms with E-state index in [4.69, 9.17) is 10.7 Å². The predicted octanol–water partition coefficient (Wildman–Crippen LogP) is 5.68. The highest BCUT2D eigenvalue weighted by atomic mass is 127. The summed E-state index contributed by atoms with van der Waals surface area (Å²) < 4.78 is 1.13. The number of halogens is 1. The van der Waals surface area contributed by atoms with Crippen LogP contribution in [0.25, 0.3) is 23.4 Å². The first-order chi connectivity index (χ1) is 15.6. The number of carbonyl (C=O) groups excluding carboxylic acids is 1. The Balaban J connectivity index is 1.62. The SMILES string of the molecule is Nc1ccc(-c2cnc(NC(=O)Cc3ccc(I)cc3)c(C=Cc3ccccc3)n2)cc1. The molecule has 158 valence electrons. The number of aromatic nitrogens is 2. The van der Waals surface area contributed by atoms with E-state index in [-0.39, 0.29) is 12.3 Å². The molecule has 0 radical (unpaired) electrons. The maximum atomic E-state index is 12.7. The summed E-state index contributed by atoms with van der Waals surface area (Å²) in [5.41, 5.74) is 10.6. The zero-order valence-corrected chi connectivity index (χ0v) is 19.4. The van der Waals surface area contributed by atoms with Crippen LogP contribution in [0.4, 0.5) is 11.5 Å². The molecule has 0 saturated heterocycles. The lowest BCUT2D eigenvalue weighted by Crippen LogP contribution is -2.16. The van der Waals surface area contributed by atoms with Crippen LogP contribution >= 0.6 is 22.6 Å². The van der Waals surface area contributed by atoms with Crippen molar-refractivity contribution in [3.05, 3.63) is 105 Å². The second kappa shape index (κ2) is 10.2. The van der Waals surface area contributed by atoms with Crippen LogP contribution in [0.5, 0.6) is 0 Å². The quantitative estimate of drug-likeness (QED) is 0.247. The van der Waals surface area contributed by atoms with E-state index in [1.165, 1.54) is 0 Å². The number of nitrogens with zero attached hydrogens (tertiary/aromatic N) is 2. The Bertz CT molecular complexity index is 1240. The fourth-order valence-corrected chi connectivity index (χ4v) is 3.47. The minimum atomic E-state index is -0.143. The summed E-state index contributed by atoms with van der Waals surface area (Å²) in [5.74, 6) is 0.280. The minimum absolute atomic E-state index is 0.143. The van der Waals surface area contributed by atoms with Gasteiger partial charge in [-0.2, -0.15) is 0 Å². The Kier molecular flexibility index (Phi) is 6.91. The average Bonchev–Trinajstić information content (AvgIpc) is 2.81. The topological polar surface area (TPSA) is 80.9 Å². The number of nitrogen functional groups attached to an aromatic ring is 1. The maximum absolute atomic E-state index is 12.7. The van der Waals surface area contributed by atoms with Gasteiger partial charge in [0.15, 0.2) is 5.82 Å². The highest BCUT2D eigenvalue weighted by Crippen LogP contribution is 2.22. The second-order valence-electron chi connectivity index (χ2n) is 7.21. The number of nitrogens with two attached hydrogens (primary N) is 1. The van der Waals surface area contributed by atoms with E-state index in [0.717, 1.165) is 20.3 Å². The Morgan fingerprint density at radius 3 is 2.38 bits per heavy atom. The van der Waals surface area contributed by atoms with Crippen molar-refractivity contribution in [3.63, 3.8) is 0 Å². The van der Waals surface area contributed by atoms with Gasteiger partial charge in [-0.3, -0.25) is 4.79 Å². The molecule has 0 aliphatic carbocycles. The Labute approximate surface area is 200 Å². The van der Waals surface area contributed by atoms with E-state index < -0.39 is 0 Å². The average molecular weight is 532 g/mol. The number of benzene rings is 3. The molecule has 3 N–H and O–H groups in total. The molecule has 6 heteroatoms. The fourth-order valence-electron chi connectivity index (χ4n) is 3.11. The van der Waals surface area contributed by atoms with Gasteiger partial charge in [-0.05, 0) is 64.1 Å². The summed E-state index contributed by atoms with van der Waals surface area (Å²) in [5, 5.41) is 2.91. The molecule has 1 heterocycles. The lowest BCUT2D eigenvalue weighted by Gasteiger charge is -2.10. The van der Waals surface area contributed by atoms with Gasteiger partial charge in [0.1, 0.15) is 5.69 Å². The van der Waals surface area contributed by atoms with Crippen molar-refractivity contribution in [2.45, 2.75) is 6.42 Å². The molecule has 0 spiro atoms. The Morgan fingerprint density at radius 2 is 1.66 bits per heavy atom. The van der Waals surface area contributed by atoms with Gasteiger partial charge in [-0.1, -0.05) is 60.7 Å². The molecule has 1 aromatic heterocycles. The third kappa shape index (κ3) is 5.79. The number of nitrogens with one attached hydrogen (secondary N) is 1. The molecular formula is C26H21IN4O. The predicted molar refractivity (Wildman–Crippen MR) is 139 cm³/mol. The van der Waals surface area contributed by atoms with Gasteiger partial charge >= 0.3 is 0 Å². The van der Waals surface area contributed by atoms with Gasteiger partial charge in [-0.15, -0.1) is 0 Å². The highest BCUT2D eigenvalue weighted by Gasteiger charge is 2.11. The highest BCUT2D eigenvalue weighted by molar-refractivity contribution is 14.1. The molecule has 0 unspecified atom stereocenters. The molecular weight excluding hydrogens is 511 g/mol. The molecule has 32 heavy (non-hydrogen) atoms. The van der Waals surface area contributed by atoms with E-state index in [1.54, 1.807) is 6.20 Å². The number of rotatable bonds is 6. The molecule has 0 saturated carbocycles. The van der Waals surface area contributed by atoms with Crippen molar-refractivity contribution in [1.82, 2.24) is 9.97 Å². The van der Waals surface area contributed by atoms with Crippen molar-refractivity contribution in [2.24, 2.45) is 0 Å². The van der Waals surface area contributed by atoms with Crippen LogP contribution in [-0.2, 0) is 11.2 Å². The van der Waals surface area contributed by atoms with Crippen molar-refractivity contribution >= 4 is 52.2 Å². The van der Waals surface area contributed by atoms with Gasteiger partial charge < -0.3 is 11.1 Å². The first kappa shape index (κ1) is 21.7. The maximum Gasteiger partial charge on any atom is 0.230 e. The van der Waals surface area contributed by atoms with E-state index >= 15 is 0 Å². The van der Waals surface area contributed by atoms with Crippen LogP contribution in [0.2, 0.25) is 0 Å². The lowest BCUT2D eigenvalue weighted by molar-refractivity contribution is -0.115. The lowest BCUT2D eigenvalue weighted by atomic mass is 10.1. The molecule has 0 atom stereocenters. The van der Waals surface area contributed by atoms with Crippen LogP contribution in [0.15, 0.2) is 85.1 Å². The number of hydrogen-bond donors (Lipinski definition) is 2. The minimum Gasteiger partial charge on any atom is -0.399 e. The van der Waals surface area contributed by atoms with Crippen LogP contribution in [0.3, 0.4) is 0 Å². The summed E-state index contributed by atoms with van der Waals surface area (Å²) in [7, 11) is 0. The standard InChI is InChI=1S/C26H21IN4O/c27-21-11-6-19(7-12-21)16-25(32)31-26-23(15-8-18-4-2-1-3-5-18)30-24(17-29-26)20-9-13-22(28)14-10-20/h1-15,17H,16,28H2,(H,29,31,32). The van der Waals surface area contributed by atoms with Gasteiger partial charge in [0.05, 0.1) is 18.3 Å². The molecule has 3 aromatic carbocycles. The summed E-state index contributed by atoms with van der Waals surface area (Å²) in [6.45, 7) is 0. The first-order valence-electron chi connectivity index (χ1n) is 10.1. The van der Waals surface area contributed by atoms with Crippen LogP contribution < -0.4 is 11.1 Å². The summed E-state index contributed by atoms with van der Waals surface area (Å²) in [6.07, 6.45) is 5.74. The summed E-state index contributed by atoms with van der Waals surface area (Å²) >= 11 is 2.24. The van der Waals surface area contributed by atoms with Crippen molar-refractivity contribution in [1.29, 1.82) is 0 Å². The summed E-state index contributed by atoms with van der Waals surface area (Å²) in [6, 6.07) is 25.2. The molecule has 4 aromatic rings. The smallest absolute Gasteiger partial charge is 0.230 e. The van der Waals surface area contributed by atoms with E-state index in [1.807, 2.05) is 91.0 Å². The Morgan fingerprint density at radius 1 is 0.938 bits per heavy atom. The zero-order valence-electron chi connectivity index (χ0n) is 17.2. The van der Waals surface area contributed by atoms with Crippen LogP contribution in [0, 0.1) is 3.57 Å². The normalized spacial score (nSPS) is 10.9. The third-order valence-electron chi connectivity index (χ3n) is 4.77. The number of hydrogen-bond acceptors (Lipinski definition) is 4. The van der Waals surface area contributed by atoms with E-state index in [0.29, 0.717) is 22.9 Å². The van der Waals surface area contributed by atoms with E-state index in [9.17, 15) is 4.79 Å². The van der Waals surface area contributed by atoms with Crippen molar-refractivity contribution in [3.8, 4) is 11.3 Å². The first-order valence-corrected chi connectivity index (χ1v) is 11.1. The number of amides is 1. The molecule has 0 aliphatic rings. The van der Waals surface area contributed by atoms with Crippen molar-refractivity contribution < 1.29 is 4.79 Å². The van der Waals surface area contributed by atoms with Crippen molar-refractivity contribution in [2.75, 3.05) is 11.1 Å². The van der Waals surface area contributed by atoms with E-state index in [2.05, 4.69) is 32.9 Å². The molecule has 4 rings (SSSR count). The molecule has 1 amide bonds. The number of carbonyl (C=O) groups is 1. The van der Waals surface area contributed by atoms with Gasteiger partial charge in [0.2, 0.25) is 5.91 Å². The van der Waals surface area contributed by atoms with Gasteiger partial charge in [-0.25, -0.2) is 9.97 Å². The van der Waals surface area contributed by atoms with Gasteiger partial charge in [0, 0.05) is 14.8 Å². The monoisotopic (exact) mass is 532 g/mol. The zero-order chi connectivity index (χ0) is 22.3. The molecule has 0 bridgehead atoms. The second-order valence-corrected chi connectivity index (χ2v) is 8.45. The van der Waals surface area contributed by atoms with Crippen LogP contribution in [-0.4, -0.2) is 15.9 Å². The third-order valence-corrected chi connectivity index (χ3v) is 5.49. The molecule has 5 nitrogen and oxygen atoms in total. The van der Waals surface area contributed by atoms with Gasteiger partial charge in [0.25, 0.3) is 0 Å². The van der Waals surface area contributed by atoms with Crippen LogP contribution in [0.1, 0.15) is 16.8 Å². The fraction of sp³-hybridized carbons (Fsp3) is 0.0385. The number of anilines is 2. The molecule has 0 aliphatic heterocycles.